The number of carboxylic acids is 1. The number of carbonyl (C=O) groups is 1. The fourth-order valence-corrected chi connectivity index (χ4v) is 5.86. The van der Waals surface area contributed by atoms with Gasteiger partial charge in [0.25, 0.3) is 0 Å². The number of aromatic carboxylic acids is 1. The van der Waals surface area contributed by atoms with Crippen molar-refractivity contribution in [3.63, 3.8) is 0 Å². The van der Waals surface area contributed by atoms with Crippen LogP contribution in [0.3, 0.4) is 0 Å². The lowest BCUT2D eigenvalue weighted by Crippen LogP contribution is -2.35. The summed E-state index contributed by atoms with van der Waals surface area (Å²) in [5.41, 5.74) is 4.26. The first-order valence-corrected chi connectivity index (χ1v) is 13.8. The fourth-order valence-electron chi connectivity index (χ4n) is 5.86. The molecule has 3 heterocycles. The topological polar surface area (TPSA) is 73.2 Å². The summed E-state index contributed by atoms with van der Waals surface area (Å²) in [6.45, 7) is 4.59. The maximum Gasteiger partial charge on any atom is 0.339 e. The number of ether oxygens (including phenoxy) is 3. The van der Waals surface area contributed by atoms with E-state index in [1.807, 2.05) is 6.07 Å². The molecule has 0 aliphatic carbocycles. The van der Waals surface area contributed by atoms with Crippen LogP contribution in [0.1, 0.15) is 46.7 Å². The first-order valence-electron chi connectivity index (χ1n) is 13.8. The number of nitrogens with zero attached hydrogens (tertiary/aromatic N) is 2. The van der Waals surface area contributed by atoms with E-state index < -0.39 is 5.97 Å². The fraction of sp³-hybridized carbons (Fsp3) is 0.344. The molecule has 1 N–H and O–H groups in total. The number of hydrogen-bond acceptors (Lipinski definition) is 5. The van der Waals surface area contributed by atoms with E-state index in [-0.39, 0.29) is 5.56 Å². The number of aryl methyl sites for hydroxylation is 2. The van der Waals surface area contributed by atoms with E-state index in [2.05, 4.69) is 52.1 Å². The van der Waals surface area contributed by atoms with Crippen molar-refractivity contribution in [2.24, 2.45) is 0 Å². The van der Waals surface area contributed by atoms with Crippen LogP contribution in [0, 0.1) is 0 Å². The predicted molar refractivity (Wildman–Crippen MR) is 150 cm³/mol. The number of carboxylic acid groups (broad SMARTS) is 1. The van der Waals surface area contributed by atoms with Gasteiger partial charge < -0.3 is 23.9 Å². The normalized spacial score (nSPS) is 15.6. The number of fused-ring (bicyclic) bond motifs is 2. The van der Waals surface area contributed by atoms with Gasteiger partial charge in [-0.1, -0.05) is 36.4 Å². The van der Waals surface area contributed by atoms with E-state index >= 15 is 0 Å². The average molecular weight is 527 g/mol. The van der Waals surface area contributed by atoms with Crippen molar-refractivity contribution in [1.82, 2.24) is 9.47 Å². The second kappa shape index (κ2) is 11.4. The van der Waals surface area contributed by atoms with Crippen molar-refractivity contribution in [3.8, 4) is 17.2 Å². The molecule has 0 spiro atoms. The highest BCUT2D eigenvalue weighted by Crippen LogP contribution is 2.35. The molecule has 1 aromatic heterocycles. The Balaban J connectivity index is 1.04. The van der Waals surface area contributed by atoms with E-state index in [4.69, 9.17) is 14.2 Å². The molecule has 7 nitrogen and oxygen atoms in total. The van der Waals surface area contributed by atoms with Crippen LogP contribution in [0.5, 0.6) is 17.2 Å². The SMILES string of the molecule is O=C(O)c1ccccc1OCCN1CCC(c2cn(CCCc3ccc4c(c3)OCO4)c3ccccc23)CC1. The standard InChI is InChI=1S/C32H34N2O5/c35-32(36)26-8-2-4-10-29(26)37-19-18-33-16-13-24(14-17-33)27-21-34(28-9-3-1-7-25(27)28)15-5-6-23-11-12-30-31(20-23)39-22-38-30/h1-4,7-12,20-21,24H,5-6,13-19,22H2,(H,35,36). The van der Waals surface area contributed by atoms with Gasteiger partial charge in [-0.05, 0) is 86.1 Å². The maximum atomic E-state index is 11.4. The Bertz CT molecular complexity index is 1450. The Morgan fingerprint density at radius 3 is 2.62 bits per heavy atom. The summed E-state index contributed by atoms with van der Waals surface area (Å²) in [6, 6.07) is 21.8. The molecule has 1 fully saturated rings. The number of rotatable bonds is 10. The average Bonchev–Trinajstić information content (AvgIpc) is 3.58. The van der Waals surface area contributed by atoms with Gasteiger partial charge in [0, 0.05) is 30.2 Å². The third kappa shape index (κ3) is 5.59. The van der Waals surface area contributed by atoms with Crippen LogP contribution in [0.2, 0.25) is 0 Å². The minimum absolute atomic E-state index is 0.212. The van der Waals surface area contributed by atoms with Crippen LogP contribution in [0.15, 0.2) is 72.9 Å². The van der Waals surface area contributed by atoms with Gasteiger partial charge in [-0.3, -0.25) is 4.90 Å². The number of aromatic nitrogens is 1. The largest absolute Gasteiger partial charge is 0.491 e. The molecule has 7 heteroatoms. The van der Waals surface area contributed by atoms with Crippen molar-refractivity contribution in [1.29, 1.82) is 0 Å². The molecule has 0 atom stereocenters. The predicted octanol–water partition coefficient (Wildman–Crippen LogP) is 5.96. The van der Waals surface area contributed by atoms with Crippen LogP contribution in [0.4, 0.5) is 0 Å². The van der Waals surface area contributed by atoms with Crippen molar-refractivity contribution in [2.45, 2.75) is 38.1 Å². The van der Waals surface area contributed by atoms with Gasteiger partial charge in [-0.25, -0.2) is 4.79 Å². The van der Waals surface area contributed by atoms with Crippen LogP contribution in [-0.2, 0) is 13.0 Å². The molecule has 0 unspecified atom stereocenters. The molecule has 1 saturated heterocycles. The molecular weight excluding hydrogens is 492 g/mol. The molecule has 4 aromatic rings. The monoisotopic (exact) mass is 526 g/mol. The minimum Gasteiger partial charge on any atom is -0.491 e. The van der Waals surface area contributed by atoms with Crippen molar-refractivity contribution >= 4 is 16.9 Å². The molecule has 2 aliphatic heterocycles. The van der Waals surface area contributed by atoms with Crippen LogP contribution in [0.25, 0.3) is 10.9 Å². The van der Waals surface area contributed by atoms with Crippen LogP contribution >= 0.6 is 0 Å². The molecular formula is C32H34N2O5. The molecule has 0 radical (unpaired) electrons. The first-order chi connectivity index (χ1) is 19.2. The summed E-state index contributed by atoms with van der Waals surface area (Å²) in [6.07, 6.45) is 6.65. The summed E-state index contributed by atoms with van der Waals surface area (Å²) in [5, 5.41) is 10.7. The van der Waals surface area contributed by atoms with Gasteiger partial charge in [0.1, 0.15) is 17.9 Å². The highest BCUT2D eigenvalue weighted by atomic mass is 16.7. The lowest BCUT2D eigenvalue weighted by molar-refractivity contribution is 0.0691. The summed E-state index contributed by atoms with van der Waals surface area (Å²) >= 11 is 0. The second-order valence-electron chi connectivity index (χ2n) is 10.4. The van der Waals surface area contributed by atoms with Crippen LogP contribution < -0.4 is 14.2 Å². The summed E-state index contributed by atoms with van der Waals surface area (Å²) in [5.74, 6) is 1.70. The van der Waals surface area contributed by atoms with E-state index in [0.717, 1.165) is 63.4 Å². The molecule has 202 valence electrons. The van der Waals surface area contributed by atoms with Gasteiger partial charge in [0.2, 0.25) is 6.79 Å². The lowest BCUT2D eigenvalue weighted by Gasteiger charge is -2.31. The Kier molecular flexibility index (Phi) is 7.41. The number of benzene rings is 3. The van der Waals surface area contributed by atoms with Gasteiger partial charge >= 0.3 is 5.97 Å². The zero-order valence-electron chi connectivity index (χ0n) is 22.1. The summed E-state index contributed by atoms with van der Waals surface area (Å²) in [7, 11) is 0. The zero-order valence-corrected chi connectivity index (χ0v) is 22.1. The molecule has 0 bridgehead atoms. The van der Waals surface area contributed by atoms with Crippen molar-refractivity contribution < 1.29 is 24.1 Å². The van der Waals surface area contributed by atoms with Gasteiger partial charge in [0.15, 0.2) is 11.5 Å². The molecule has 0 amide bonds. The van der Waals surface area contributed by atoms with E-state index in [1.165, 1.54) is 22.0 Å². The Labute approximate surface area is 228 Å². The summed E-state index contributed by atoms with van der Waals surface area (Å²) in [4.78, 5) is 13.8. The Morgan fingerprint density at radius 1 is 0.949 bits per heavy atom. The number of hydrogen-bond donors (Lipinski definition) is 1. The molecule has 3 aromatic carbocycles. The second-order valence-corrected chi connectivity index (χ2v) is 10.4. The number of piperidine rings is 1. The molecule has 2 aliphatic rings. The molecule has 0 saturated carbocycles. The van der Waals surface area contributed by atoms with E-state index in [1.54, 1.807) is 24.3 Å². The van der Waals surface area contributed by atoms with Crippen molar-refractivity contribution in [3.05, 3.63) is 89.6 Å². The van der Waals surface area contributed by atoms with E-state index in [9.17, 15) is 9.90 Å². The quantitative estimate of drug-likeness (QED) is 0.275. The Morgan fingerprint density at radius 2 is 1.74 bits per heavy atom. The number of para-hydroxylation sites is 2. The first kappa shape index (κ1) is 25.3. The van der Waals surface area contributed by atoms with Crippen molar-refractivity contribution in [2.75, 3.05) is 33.0 Å². The third-order valence-corrected chi connectivity index (χ3v) is 7.93. The highest BCUT2D eigenvalue weighted by molar-refractivity contribution is 5.90. The van der Waals surface area contributed by atoms with E-state index in [0.29, 0.717) is 25.1 Å². The third-order valence-electron chi connectivity index (χ3n) is 7.93. The Hall–Kier alpha value is -3.97. The highest BCUT2D eigenvalue weighted by Gasteiger charge is 2.24. The maximum absolute atomic E-state index is 11.4. The zero-order chi connectivity index (χ0) is 26.6. The molecule has 39 heavy (non-hydrogen) atoms. The van der Waals surface area contributed by atoms with Gasteiger partial charge in [-0.2, -0.15) is 0 Å². The minimum atomic E-state index is -0.960. The summed E-state index contributed by atoms with van der Waals surface area (Å²) < 4.78 is 19.2. The number of likely N-dealkylation sites (tertiary alicyclic amines) is 1. The smallest absolute Gasteiger partial charge is 0.339 e. The van der Waals surface area contributed by atoms with Gasteiger partial charge in [0.05, 0.1) is 0 Å². The lowest BCUT2D eigenvalue weighted by atomic mass is 9.89. The van der Waals surface area contributed by atoms with Crippen LogP contribution in [-0.4, -0.2) is 53.6 Å². The van der Waals surface area contributed by atoms with Gasteiger partial charge in [-0.15, -0.1) is 0 Å². The molecule has 6 rings (SSSR count).